The van der Waals surface area contributed by atoms with Gasteiger partial charge in [0.15, 0.2) is 0 Å². The number of hydrogen-bond acceptors (Lipinski definition) is 2. The highest BCUT2D eigenvalue weighted by Crippen LogP contribution is 2.13. The Balaban J connectivity index is 2.17. The molecule has 90 valence electrons. The van der Waals surface area contributed by atoms with Crippen LogP contribution in [0.2, 0.25) is 0 Å². The van der Waals surface area contributed by atoms with Crippen LogP contribution >= 0.6 is 0 Å². The number of para-hydroxylation sites is 1. The molecule has 1 heterocycles. The molecule has 0 radical (unpaired) electrons. The van der Waals surface area contributed by atoms with Gasteiger partial charge in [-0.25, -0.2) is 4.68 Å². The zero-order chi connectivity index (χ0) is 12.3. The third-order valence-corrected chi connectivity index (χ3v) is 2.98. The fraction of sp³-hybridized carbons (Fsp3) is 0.357. The van der Waals surface area contributed by atoms with Crippen molar-refractivity contribution in [2.75, 3.05) is 7.05 Å². The van der Waals surface area contributed by atoms with E-state index in [0.29, 0.717) is 0 Å². The number of likely N-dealkylation sites (N-methyl/N-ethyl adjacent to an activating group) is 1. The van der Waals surface area contributed by atoms with Crippen molar-refractivity contribution in [2.24, 2.45) is 0 Å². The summed E-state index contributed by atoms with van der Waals surface area (Å²) in [6, 6.07) is 10.2. The van der Waals surface area contributed by atoms with Crippen molar-refractivity contribution in [3.05, 3.63) is 48.3 Å². The summed E-state index contributed by atoms with van der Waals surface area (Å²) in [5.41, 5.74) is 2.44. The van der Waals surface area contributed by atoms with Gasteiger partial charge in [0, 0.05) is 11.7 Å². The van der Waals surface area contributed by atoms with Crippen LogP contribution in [0.4, 0.5) is 0 Å². The summed E-state index contributed by atoms with van der Waals surface area (Å²) in [4.78, 5) is 0. The molecule has 0 unspecified atom stereocenters. The summed E-state index contributed by atoms with van der Waals surface area (Å²) < 4.78 is 1.92. The Kier molecular flexibility index (Phi) is 3.29. The van der Waals surface area contributed by atoms with Crippen molar-refractivity contribution < 1.29 is 0 Å². The molecular formula is C14H19N3. The summed E-state index contributed by atoms with van der Waals surface area (Å²) in [5.74, 6) is 0. The highest BCUT2D eigenvalue weighted by molar-refractivity contribution is 5.31. The van der Waals surface area contributed by atoms with Crippen molar-refractivity contribution in [1.82, 2.24) is 15.1 Å². The van der Waals surface area contributed by atoms with E-state index in [-0.39, 0.29) is 5.54 Å². The summed E-state index contributed by atoms with van der Waals surface area (Å²) in [5, 5.41) is 7.70. The van der Waals surface area contributed by atoms with Crippen molar-refractivity contribution in [3.8, 4) is 5.69 Å². The molecule has 2 rings (SSSR count). The topological polar surface area (TPSA) is 29.9 Å². The highest BCUT2D eigenvalue weighted by Gasteiger charge is 2.16. The first-order chi connectivity index (χ1) is 8.11. The van der Waals surface area contributed by atoms with Crippen LogP contribution < -0.4 is 5.32 Å². The van der Waals surface area contributed by atoms with Gasteiger partial charge in [-0.3, -0.25) is 0 Å². The van der Waals surface area contributed by atoms with E-state index in [1.165, 1.54) is 5.56 Å². The Hall–Kier alpha value is -1.61. The number of nitrogens with one attached hydrogen (secondary N) is 1. The number of benzene rings is 1. The van der Waals surface area contributed by atoms with E-state index in [4.69, 9.17) is 0 Å². The molecule has 0 bridgehead atoms. The van der Waals surface area contributed by atoms with Crippen LogP contribution in [0.5, 0.6) is 0 Å². The lowest BCUT2D eigenvalue weighted by atomic mass is 9.97. The smallest absolute Gasteiger partial charge is 0.0645 e. The van der Waals surface area contributed by atoms with Gasteiger partial charge < -0.3 is 5.32 Å². The van der Waals surface area contributed by atoms with Crippen LogP contribution in [0, 0.1) is 0 Å². The van der Waals surface area contributed by atoms with Crippen LogP contribution in [-0.4, -0.2) is 22.4 Å². The second kappa shape index (κ2) is 4.72. The van der Waals surface area contributed by atoms with Crippen molar-refractivity contribution in [1.29, 1.82) is 0 Å². The second-order valence-corrected chi connectivity index (χ2v) is 4.94. The minimum absolute atomic E-state index is 0.102. The van der Waals surface area contributed by atoms with Gasteiger partial charge in [0.25, 0.3) is 0 Å². The maximum atomic E-state index is 4.39. The van der Waals surface area contributed by atoms with Crippen molar-refractivity contribution in [3.63, 3.8) is 0 Å². The molecule has 1 N–H and O–H groups in total. The molecule has 3 nitrogen and oxygen atoms in total. The lowest BCUT2D eigenvalue weighted by Crippen LogP contribution is -2.38. The molecular weight excluding hydrogens is 210 g/mol. The molecule has 3 heteroatoms. The van der Waals surface area contributed by atoms with E-state index >= 15 is 0 Å². The molecule has 0 saturated carbocycles. The average molecular weight is 229 g/mol. The third kappa shape index (κ3) is 2.94. The lowest BCUT2D eigenvalue weighted by Gasteiger charge is -2.22. The minimum atomic E-state index is 0.102. The molecule has 0 spiro atoms. The van der Waals surface area contributed by atoms with Crippen LogP contribution in [0.25, 0.3) is 5.69 Å². The zero-order valence-corrected chi connectivity index (χ0v) is 10.6. The summed E-state index contributed by atoms with van der Waals surface area (Å²) >= 11 is 0. The second-order valence-electron chi connectivity index (χ2n) is 4.94. The van der Waals surface area contributed by atoms with Gasteiger partial charge in [-0.1, -0.05) is 18.2 Å². The molecule has 0 amide bonds. The quantitative estimate of drug-likeness (QED) is 0.872. The zero-order valence-electron chi connectivity index (χ0n) is 10.6. The molecule has 0 aliphatic carbocycles. The van der Waals surface area contributed by atoms with E-state index in [1.807, 2.05) is 36.1 Å². The van der Waals surface area contributed by atoms with Crippen LogP contribution in [0.1, 0.15) is 19.4 Å². The standard InChI is InChI=1S/C14H19N3/c1-14(2,15-3)9-12-10-16-17(11-12)13-7-5-4-6-8-13/h4-8,10-11,15H,9H2,1-3H3. The predicted molar refractivity (Wildman–Crippen MR) is 70.4 cm³/mol. The fourth-order valence-corrected chi connectivity index (χ4v) is 1.77. The summed E-state index contributed by atoms with van der Waals surface area (Å²) in [6.07, 6.45) is 5.00. The Morgan fingerprint density at radius 3 is 2.59 bits per heavy atom. The molecule has 1 aromatic heterocycles. The Morgan fingerprint density at radius 1 is 1.24 bits per heavy atom. The lowest BCUT2D eigenvalue weighted by molar-refractivity contribution is 0.422. The fourth-order valence-electron chi connectivity index (χ4n) is 1.77. The molecule has 1 aromatic carbocycles. The van der Waals surface area contributed by atoms with Gasteiger partial charge in [0.1, 0.15) is 0 Å². The van der Waals surface area contributed by atoms with Gasteiger partial charge in [-0.05, 0) is 45.0 Å². The van der Waals surface area contributed by atoms with Gasteiger partial charge in [-0.15, -0.1) is 0 Å². The van der Waals surface area contributed by atoms with E-state index in [9.17, 15) is 0 Å². The molecule has 0 aliphatic rings. The molecule has 2 aromatic rings. The first kappa shape index (κ1) is 11.9. The predicted octanol–water partition coefficient (Wildman–Crippen LogP) is 2.41. The highest BCUT2D eigenvalue weighted by atomic mass is 15.3. The van der Waals surface area contributed by atoms with Crippen molar-refractivity contribution >= 4 is 0 Å². The number of aromatic nitrogens is 2. The normalized spacial score (nSPS) is 11.7. The van der Waals surface area contributed by atoms with Crippen molar-refractivity contribution in [2.45, 2.75) is 25.8 Å². The van der Waals surface area contributed by atoms with E-state index in [1.54, 1.807) is 0 Å². The molecule has 0 saturated heterocycles. The first-order valence-electron chi connectivity index (χ1n) is 5.89. The largest absolute Gasteiger partial charge is 0.314 e. The number of rotatable bonds is 4. The monoisotopic (exact) mass is 229 g/mol. The van der Waals surface area contributed by atoms with Crippen LogP contribution in [0.15, 0.2) is 42.7 Å². The SMILES string of the molecule is CNC(C)(C)Cc1cnn(-c2ccccc2)c1. The first-order valence-corrected chi connectivity index (χ1v) is 5.89. The van der Waals surface area contributed by atoms with Crippen LogP contribution in [0.3, 0.4) is 0 Å². The minimum Gasteiger partial charge on any atom is -0.314 e. The van der Waals surface area contributed by atoms with Gasteiger partial charge in [0.2, 0.25) is 0 Å². The summed E-state index contributed by atoms with van der Waals surface area (Å²) in [7, 11) is 1.99. The average Bonchev–Trinajstić information content (AvgIpc) is 2.78. The van der Waals surface area contributed by atoms with Gasteiger partial charge >= 0.3 is 0 Å². The van der Waals surface area contributed by atoms with Gasteiger partial charge in [-0.2, -0.15) is 5.10 Å². The molecule has 17 heavy (non-hydrogen) atoms. The maximum absolute atomic E-state index is 4.39. The Labute approximate surface area is 102 Å². The van der Waals surface area contributed by atoms with E-state index < -0.39 is 0 Å². The number of nitrogens with zero attached hydrogens (tertiary/aromatic N) is 2. The third-order valence-electron chi connectivity index (χ3n) is 2.98. The molecule has 0 aliphatic heterocycles. The Bertz CT molecular complexity index is 471. The maximum Gasteiger partial charge on any atom is 0.0645 e. The van der Waals surface area contributed by atoms with Gasteiger partial charge in [0.05, 0.1) is 11.9 Å². The van der Waals surface area contributed by atoms with E-state index in [0.717, 1.165) is 12.1 Å². The molecule has 0 fully saturated rings. The molecule has 0 atom stereocenters. The number of hydrogen-bond donors (Lipinski definition) is 1. The van der Waals surface area contributed by atoms with Crippen LogP contribution in [-0.2, 0) is 6.42 Å². The summed E-state index contributed by atoms with van der Waals surface area (Å²) in [6.45, 7) is 4.37. The Morgan fingerprint density at radius 2 is 1.94 bits per heavy atom. The van der Waals surface area contributed by atoms with E-state index in [2.05, 4.69) is 42.6 Å².